The van der Waals surface area contributed by atoms with E-state index in [1.807, 2.05) is 0 Å². The lowest BCUT2D eigenvalue weighted by Crippen LogP contribution is -2.30. The molecule has 0 bridgehead atoms. The van der Waals surface area contributed by atoms with Crippen molar-refractivity contribution in [3.8, 4) is 0 Å². The molecule has 0 spiro atoms. The first-order chi connectivity index (χ1) is 49.7. The van der Waals surface area contributed by atoms with Gasteiger partial charge in [0.1, 0.15) is 19.3 Å². The van der Waals surface area contributed by atoms with Gasteiger partial charge in [0.15, 0.2) is 12.2 Å². The largest absolute Gasteiger partial charge is 0.472 e. The first-order valence-corrected chi connectivity index (χ1v) is 46.3. The van der Waals surface area contributed by atoms with Gasteiger partial charge < -0.3 is 33.8 Å². The Labute approximate surface area is 626 Å². The van der Waals surface area contributed by atoms with E-state index in [2.05, 4.69) is 27.7 Å². The summed E-state index contributed by atoms with van der Waals surface area (Å²) in [6.45, 7) is 5.04. The number of esters is 4. The second-order valence-electron chi connectivity index (χ2n) is 29.9. The van der Waals surface area contributed by atoms with Crippen molar-refractivity contribution in [2.24, 2.45) is 0 Å². The molecule has 0 aliphatic rings. The van der Waals surface area contributed by atoms with E-state index in [0.29, 0.717) is 25.7 Å². The average molecular weight is 1490 g/mol. The van der Waals surface area contributed by atoms with Crippen LogP contribution in [-0.4, -0.2) is 96.7 Å². The Kier molecular flexibility index (Phi) is 75.8. The third-order valence-corrected chi connectivity index (χ3v) is 21.5. The van der Waals surface area contributed by atoms with Crippen molar-refractivity contribution in [2.45, 2.75) is 470 Å². The number of unbranched alkanes of at least 4 members (excludes halogenated alkanes) is 58. The number of aliphatic hydroxyl groups excluding tert-OH is 1. The number of ether oxygens (including phenoxy) is 4. The predicted octanol–water partition coefficient (Wildman–Crippen LogP) is 25.4. The molecule has 5 atom stereocenters. The molecule has 0 aliphatic heterocycles. The van der Waals surface area contributed by atoms with E-state index in [4.69, 9.17) is 37.0 Å². The zero-order chi connectivity index (χ0) is 74.6. The van der Waals surface area contributed by atoms with Gasteiger partial charge in [0.2, 0.25) is 0 Å². The van der Waals surface area contributed by atoms with E-state index in [0.717, 1.165) is 89.9 Å². The summed E-state index contributed by atoms with van der Waals surface area (Å²) in [5, 5.41) is 10.7. The number of hydrogen-bond donors (Lipinski definition) is 3. The van der Waals surface area contributed by atoms with Gasteiger partial charge in [-0.15, -0.1) is 0 Å². The highest BCUT2D eigenvalue weighted by molar-refractivity contribution is 7.47. The molecule has 0 radical (unpaired) electrons. The fourth-order valence-electron chi connectivity index (χ4n) is 13.0. The number of rotatable bonds is 84. The van der Waals surface area contributed by atoms with E-state index in [-0.39, 0.29) is 25.7 Å². The van der Waals surface area contributed by atoms with Gasteiger partial charge in [-0.25, -0.2) is 9.13 Å². The Morgan fingerprint density at radius 1 is 0.235 bits per heavy atom. The molecule has 0 amide bonds. The van der Waals surface area contributed by atoms with Crippen molar-refractivity contribution in [3.63, 3.8) is 0 Å². The SMILES string of the molecule is CCCCCCCCCCCCCCCCCCCCCC(=O)OC[C@H](COP(=O)(O)OCC(O)COP(=O)(O)OC[C@@H](COC(=O)CCCCCCCCCCCCC)OC(=O)CCCCCCCCCCCCCCC)OC(=O)CCCCCCCCCCCCCCCCCCCCC. The third kappa shape index (κ3) is 76.3. The molecular weight excluding hydrogens is 1330 g/mol. The Bertz CT molecular complexity index is 1930. The average Bonchev–Trinajstić information content (AvgIpc) is 0.946. The monoisotopic (exact) mass is 1490 g/mol. The molecule has 0 aliphatic carbocycles. The predicted molar refractivity (Wildman–Crippen MR) is 419 cm³/mol. The van der Waals surface area contributed by atoms with Crippen LogP contribution in [0.25, 0.3) is 0 Å². The van der Waals surface area contributed by atoms with E-state index in [1.54, 1.807) is 0 Å². The second kappa shape index (κ2) is 77.2. The van der Waals surface area contributed by atoms with Crippen LogP contribution < -0.4 is 0 Å². The summed E-state index contributed by atoms with van der Waals surface area (Å²) in [7, 11) is -9.92. The van der Waals surface area contributed by atoms with Crippen molar-refractivity contribution in [1.82, 2.24) is 0 Å². The highest BCUT2D eigenvalue weighted by atomic mass is 31.2. The summed E-state index contributed by atoms with van der Waals surface area (Å²) in [5.74, 6) is -2.10. The standard InChI is InChI=1S/C83H162O17P2/c1-5-9-13-17-21-25-29-32-34-36-38-40-42-45-48-52-56-60-64-68-81(86)94-74-79(100-83(88)70-66-62-58-54-50-46-43-41-39-37-35-33-30-26-22-18-14-10-6-2)76-98-102(91,92)96-72-77(84)71-95-101(89,90)97-75-78(73-93-80(85)67-63-59-55-51-47-28-24-20-16-12-8-4)99-82(87)69-65-61-57-53-49-44-31-27-23-19-15-11-7-3/h77-79,84H,5-76H2,1-4H3,(H,89,90)(H,91,92)/t77?,78-,79-/m1/s1. The molecule has 0 aromatic rings. The zero-order valence-electron chi connectivity index (χ0n) is 66.6. The van der Waals surface area contributed by atoms with Gasteiger partial charge in [-0.3, -0.25) is 37.3 Å². The van der Waals surface area contributed by atoms with Gasteiger partial charge in [0, 0.05) is 25.7 Å². The molecule has 0 heterocycles. The zero-order valence-corrected chi connectivity index (χ0v) is 68.4. The van der Waals surface area contributed by atoms with Crippen LogP contribution in [-0.2, 0) is 65.4 Å². The number of hydrogen-bond acceptors (Lipinski definition) is 15. The molecule has 0 saturated heterocycles. The maximum atomic E-state index is 13.1. The van der Waals surface area contributed by atoms with Crippen LogP contribution in [0.1, 0.15) is 451 Å². The summed E-state index contributed by atoms with van der Waals surface area (Å²) >= 11 is 0. The van der Waals surface area contributed by atoms with E-state index >= 15 is 0 Å². The Balaban J connectivity index is 5.23. The first kappa shape index (κ1) is 100. The van der Waals surface area contributed by atoms with Crippen molar-refractivity contribution < 1.29 is 80.2 Å². The van der Waals surface area contributed by atoms with Crippen LogP contribution in [0.5, 0.6) is 0 Å². The summed E-state index contributed by atoms with van der Waals surface area (Å²) < 4.78 is 68.8. The number of carbonyl (C=O) groups excluding carboxylic acids is 4. The van der Waals surface area contributed by atoms with Crippen LogP contribution in [0.3, 0.4) is 0 Å². The molecule has 3 unspecified atom stereocenters. The van der Waals surface area contributed by atoms with Crippen LogP contribution >= 0.6 is 15.6 Å². The highest BCUT2D eigenvalue weighted by Gasteiger charge is 2.30. The Morgan fingerprint density at radius 3 is 0.578 bits per heavy atom. The highest BCUT2D eigenvalue weighted by Crippen LogP contribution is 2.45. The molecule has 3 N–H and O–H groups in total. The van der Waals surface area contributed by atoms with Gasteiger partial charge >= 0.3 is 39.5 Å². The second-order valence-corrected chi connectivity index (χ2v) is 32.8. The third-order valence-electron chi connectivity index (χ3n) is 19.6. The molecule has 0 saturated carbocycles. The molecule has 17 nitrogen and oxygen atoms in total. The summed E-state index contributed by atoms with van der Waals surface area (Å²) in [4.78, 5) is 73.1. The number of phosphoric ester groups is 2. The fourth-order valence-corrected chi connectivity index (χ4v) is 14.6. The van der Waals surface area contributed by atoms with Gasteiger partial charge in [-0.05, 0) is 25.7 Å². The maximum absolute atomic E-state index is 13.1. The van der Waals surface area contributed by atoms with Crippen molar-refractivity contribution >= 4 is 39.5 Å². The molecule has 0 fully saturated rings. The minimum absolute atomic E-state index is 0.109. The lowest BCUT2D eigenvalue weighted by molar-refractivity contribution is -0.161. The molecule has 606 valence electrons. The van der Waals surface area contributed by atoms with Gasteiger partial charge in [0.25, 0.3) is 0 Å². The molecule has 102 heavy (non-hydrogen) atoms. The maximum Gasteiger partial charge on any atom is 0.472 e. The number of phosphoric acid groups is 2. The van der Waals surface area contributed by atoms with Crippen LogP contribution in [0.2, 0.25) is 0 Å². The fraction of sp³-hybridized carbons (Fsp3) is 0.952. The first-order valence-electron chi connectivity index (χ1n) is 43.3. The van der Waals surface area contributed by atoms with Gasteiger partial charge in [-0.2, -0.15) is 0 Å². The minimum Gasteiger partial charge on any atom is -0.462 e. The summed E-state index contributed by atoms with van der Waals surface area (Å²) in [5.41, 5.74) is 0. The lowest BCUT2D eigenvalue weighted by Gasteiger charge is -2.21. The quantitative estimate of drug-likeness (QED) is 0.0222. The van der Waals surface area contributed by atoms with Gasteiger partial charge in [0.05, 0.1) is 26.4 Å². The summed E-state index contributed by atoms with van der Waals surface area (Å²) in [6.07, 6.45) is 70.7. The number of aliphatic hydroxyl groups is 1. The normalized spacial score (nSPS) is 13.8. The Hall–Kier alpha value is -1.94. The van der Waals surface area contributed by atoms with Crippen LogP contribution in [0, 0.1) is 0 Å². The van der Waals surface area contributed by atoms with Crippen molar-refractivity contribution in [3.05, 3.63) is 0 Å². The molecule has 19 heteroatoms. The lowest BCUT2D eigenvalue weighted by atomic mass is 10.0. The Morgan fingerprint density at radius 2 is 0.392 bits per heavy atom. The van der Waals surface area contributed by atoms with Crippen LogP contribution in [0.15, 0.2) is 0 Å². The van der Waals surface area contributed by atoms with Gasteiger partial charge in [-0.1, -0.05) is 400 Å². The van der Waals surface area contributed by atoms with E-state index < -0.39 is 97.5 Å². The topological polar surface area (TPSA) is 237 Å². The minimum atomic E-state index is -4.96. The molecule has 0 rings (SSSR count). The van der Waals surface area contributed by atoms with Crippen molar-refractivity contribution in [2.75, 3.05) is 39.6 Å². The summed E-state index contributed by atoms with van der Waals surface area (Å²) in [6, 6.07) is 0. The molecule has 0 aromatic carbocycles. The number of carbonyl (C=O) groups is 4. The smallest absolute Gasteiger partial charge is 0.462 e. The van der Waals surface area contributed by atoms with Crippen molar-refractivity contribution in [1.29, 1.82) is 0 Å². The van der Waals surface area contributed by atoms with Crippen LogP contribution in [0.4, 0.5) is 0 Å². The molecular formula is C83H162O17P2. The van der Waals surface area contributed by atoms with E-state index in [1.165, 1.54) is 283 Å². The van der Waals surface area contributed by atoms with E-state index in [9.17, 15) is 43.2 Å². The molecule has 0 aromatic heterocycles.